The molecular formula is C13H17BrO. The highest BCUT2D eigenvalue weighted by molar-refractivity contribution is 9.10. The maximum absolute atomic E-state index is 10.2. The Labute approximate surface area is 99.6 Å². The van der Waals surface area contributed by atoms with Crippen LogP contribution >= 0.6 is 15.9 Å². The van der Waals surface area contributed by atoms with E-state index < -0.39 is 5.60 Å². The van der Waals surface area contributed by atoms with Gasteiger partial charge in [0.05, 0.1) is 5.60 Å². The minimum absolute atomic E-state index is 0.413. The molecule has 0 aromatic heterocycles. The molecule has 2 atom stereocenters. The number of halogens is 1. The molecule has 1 nitrogen and oxygen atoms in total. The molecule has 1 N–H and O–H groups in total. The van der Waals surface area contributed by atoms with Crippen molar-refractivity contribution in [1.82, 2.24) is 0 Å². The zero-order valence-corrected chi connectivity index (χ0v) is 10.6. The Bertz CT molecular complexity index is 346. The maximum atomic E-state index is 10.2. The summed E-state index contributed by atoms with van der Waals surface area (Å²) in [5, 5.41) is 10.2. The molecule has 1 fully saturated rings. The lowest BCUT2D eigenvalue weighted by molar-refractivity contribution is 0.0213. The van der Waals surface area contributed by atoms with Crippen molar-refractivity contribution in [3.8, 4) is 0 Å². The summed E-state index contributed by atoms with van der Waals surface area (Å²) in [6.45, 7) is 1.97. The van der Waals surface area contributed by atoms with Crippen LogP contribution in [-0.2, 0) is 6.42 Å². The maximum Gasteiger partial charge on any atom is 0.0651 e. The van der Waals surface area contributed by atoms with E-state index in [1.165, 1.54) is 5.56 Å². The van der Waals surface area contributed by atoms with E-state index in [1.807, 2.05) is 13.0 Å². The topological polar surface area (TPSA) is 20.2 Å². The van der Waals surface area contributed by atoms with E-state index in [1.54, 1.807) is 0 Å². The van der Waals surface area contributed by atoms with Gasteiger partial charge in [-0.3, -0.25) is 0 Å². The fraction of sp³-hybridized carbons (Fsp3) is 0.538. The molecule has 1 aromatic rings. The quantitative estimate of drug-likeness (QED) is 0.870. The van der Waals surface area contributed by atoms with E-state index in [9.17, 15) is 5.11 Å². The van der Waals surface area contributed by atoms with Gasteiger partial charge in [-0.05, 0) is 43.7 Å². The standard InChI is InChI=1S/C13H17BrO/c1-13(15)8-4-6-11(13)9-10-5-2-3-7-12(10)14/h2-3,5,7,11,15H,4,6,8-9H2,1H3/t11-,13-/m0/s1. The molecule has 82 valence electrons. The van der Waals surface area contributed by atoms with E-state index >= 15 is 0 Å². The van der Waals surface area contributed by atoms with Crippen molar-refractivity contribution >= 4 is 15.9 Å². The van der Waals surface area contributed by atoms with Gasteiger partial charge in [0, 0.05) is 4.47 Å². The van der Waals surface area contributed by atoms with Crippen molar-refractivity contribution in [3.63, 3.8) is 0 Å². The lowest BCUT2D eigenvalue weighted by Gasteiger charge is -2.25. The fourth-order valence-corrected chi connectivity index (χ4v) is 2.92. The molecule has 1 aromatic carbocycles. The first-order chi connectivity index (χ1) is 7.09. The van der Waals surface area contributed by atoms with Gasteiger partial charge in [0.1, 0.15) is 0 Å². The minimum Gasteiger partial charge on any atom is -0.390 e. The second-order valence-electron chi connectivity index (χ2n) is 4.74. The van der Waals surface area contributed by atoms with Gasteiger partial charge in [0.2, 0.25) is 0 Å². The molecule has 0 aliphatic heterocycles. The Balaban J connectivity index is 2.12. The van der Waals surface area contributed by atoms with Crippen LogP contribution in [0.3, 0.4) is 0 Å². The SMILES string of the molecule is C[C@]1(O)CCC[C@H]1Cc1ccccc1Br. The molecule has 0 saturated heterocycles. The normalized spacial score (nSPS) is 30.7. The van der Waals surface area contributed by atoms with Crippen molar-refractivity contribution in [2.24, 2.45) is 5.92 Å². The molecule has 2 heteroatoms. The highest BCUT2D eigenvalue weighted by Gasteiger charge is 2.36. The van der Waals surface area contributed by atoms with E-state index in [0.29, 0.717) is 5.92 Å². The van der Waals surface area contributed by atoms with E-state index in [2.05, 4.69) is 34.1 Å². The largest absolute Gasteiger partial charge is 0.390 e. The molecule has 0 bridgehead atoms. The third-order valence-corrected chi connectivity index (χ3v) is 4.31. The summed E-state index contributed by atoms with van der Waals surface area (Å²) in [6, 6.07) is 8.29. The van der Waals surface area contributed by atoms with Crippen LogP contribution in [0, 0.1) is 5.92 Å². The monoisotopic (exact) mass is 268 g/mol. The van der Waals surface area contributed by atoms with Gasteiger partial charge in [-0.1, -0.05) is 40.5 Å². The van der Waals surface area contributed by atoms with Crippen LogP contribution in [0.25, 0.3) is 0 Å². The summed E-state index contributed by atoms with van der Waals surface area (Å²) in [5.74, 6) is 0.413. The Morgan fingerprint density at radius 1 is 1.47 bits per heavy atom. The van der Waals surface area contributed by atoms with E-state index in [4.69, 9.17) is 0 Å². The molecule has 0 unspecified atom stereocenters. The number of hydrogen-bond donors (Lipinski definition) is 1. The molecule has 15 heavy (non-hydrogen) atoms. The van der Waals surface area contributed by atoms with Crippen molar-refractivity contribution in [2.75, 3.05) is 0 Å². The fourth-order valence-electron chi connectivity index (χ4n) is 2.47. The number of aliphatic hydroxyl groups is 1. The van der Waals surface area contributed by atoms with Gasteiger partial charge in [0.15, 0.2) is 0 Å². The van der Waals surface area contributed by atoms with Gasteiger partial charge >= 0.3 is 0 Å². The molecule has 0 radical (unpaired) electrons. The third kappa shape index (κ3) is 2.43. The lowest BCUT2D eigenvalue weighted by Crippen LogP contribution is -2.30. The zero-order chi connectivity index (χ0) is 10.9. The summed E-state index contributed by atoms with van der Waals surface area (Å²) in [5.41, 5.74) is 0.847. The Hall–Kier alpha value is -0.340. The molecule has 0 heterocycles. The molecule has 0 spiro atoms. The first-order valence-corrected chi connectivity index (χ1v) is 6.35. The Kier molecular flexibility index (Phi) is 3.17. The highest BCUT2D eigenvalue weighted by Crippen LogP contribution is 2.38. The predicted molar refractivity (Wildman–Crippen MR) is 65.8 cm³/mol. The average molecular weight is 269 g/mol. The van der Waals surface area contributed by atoms with E-state index in [-0.39, 0.29) is 0 Å². The summed E-state index contributed by atoms with van der Waals surface area (Å²) in [4.78, 5) is 0. The van der Waals surface area contributed by atoms with Crippen LogP contribution < -0.4 is 0 Å². The van der Waals surface area contributed by atoms with Crippen LogP contribution in [0.4, 0.5) is 0 Å². The summed E-state index contributed by atoms with van der Waals surface area (Å²) in [7, 11) is 0. The van der Waals surface area contributed by atoms with Gasteiger partial charge < -0.3 is 5.11 Å². The second kappa shape index (κ2) is 4.26. The number of benzene rings is 1. The first-order valence-electron chi connectivity index (χ1n) is 5.55. The molecule has 1 aliphatic carbocycles. The van der Waals surface area contributed by atoms with Crippen molar-refractivity contribution in [2.45, 2.75) is 38.2 Å². The van der Waals surface area contributed by atoms with Crippen molar-refractivity contribution in [1.29, 1.82) is 0 Å². The number of rotatable bonds is 2. The molecule has 0 amide bonds. The summed E-state index contributed by atoms with van der Waals surface area (Å²) in [6.07, 6.45) is 4.23. The average Bonchev–Trinajstić information content (AvgIpc) is 2.50. The van der Waals surface area contributed by atoms with Crippen LogP contribution in [0.15, 0.2) is 28.7 Å². The minimum atomic E-state index is -0.463. The van der Waals surface area contributed by atoms with Crippen LogP contribution in [0.1, 0.15) is 31.7 Å². The predicted octanol–water partition coefficient (Wildman–Crippen LogP) is 3.54. The first kappa shape index (κ1) is 11.2. The third-order valence-electron chi connectivity index (χ3n) is 3.54. The van der Waals surface area contributed by atoms with Crippen molar-refractivity contribution in [3.05, 3.63) is 34.3 Å². The lowest BCUT2D eigenvalue weighted by atomic mass is 9.87. The smallest absolute Gasteiger partial charge is 0.0651 e. The Morgan fingerprint density at radius 2 is 2.20 bits per heavy atom. The summed E-state index contributed by atoms with van der Waals surface area (Å²) >= 11 is 3.56. The number of hydrogen-bond acceptors (Lipinski definition) is 1. The molecule has 1 aliphatic rings. The molecule has 1 saturated carbocycles. The van der Waals surface area contributed by atoms with Crippen LogP contribution in [0.5, 0.6) is 0 Å². The highest BCUT2D eigenvalue weighted by atomic mass is 79.9. The van der Waals surface area contributed by atoms with Crippen molar-refractivity contribution < 1.29 is 5.11 Å². The van der Waals surface area contributed by atoms with Crippen LogP contribution in [0.2, 0.25) is 0 Å². The van der Waals surface area contributed by atoms with Gasteiger partial charge in [-0.25, -0.2) is 0 Å². The summed E-state index contributed by atoms with van der Waals surface area (Å²) < 4.78 is 1.16. The van der Waals surface area contributed by atoms with Crippen LogP contribution in [-0.4, -0.2) is 10.7 Å². The molecular weight excluding hydrogens is 252 g/mol. The van der Waals surface area contributed by atoms with E-state index in [0.717, 1.165) is 30.2 Å². The van der Waals surface area contributed by atoms with Gasteiger partial charge in [-0.2, -0.15) is 0 Å². The molecule has 2 rings (SSSR count). The van der Waals surface area contributed by atoms with Gasteiger partial charge in [0.25, 0.3) is 0 Å². The van der Waals surface area contributed by atoms with Gasteiger partial charge in [-0.15, -0.1) is 0 Å². The zero-order valence-electron chi connectivity index (χ0n) is 9.04. The second-order valence-corrected chi connectivity index (χ2v) is 5.60. The Morgan fingerprint density at radius 3 is 2.80 bits per heavy atom.